The van der Waals surface area contributed by atoms with Gasteiger partial charge in [-0.15, -0.1) is 0 Å². The largest absolute Gasteiger partial charge is 0.472 e. The highest BCUT2D eigenvalue weighted by Gasteiger charge is 2.26. The maximum absolute atomic E-state index is 12.7. The molecule has 10 heteroatoms. The van der Waals surface area contributed by atoms with Crippen molar-refractivity contribution in [2.24, 2.45) is 5.73 Å². The van der Waals surface area contributed by atoms with E-state index in [2.05, 4.69) is 160 Å². The van der Waals surface area contributed by atoms with Crippen molar-refractivity contribution >= 4 is 19.8 Å². The van der Waals surface area contributed by atoms with E-state index in [9.17, 15) is 19.0 Å². The van der Waals surface area contributed by atoms with Crippen molar-refractivity contribution < 1.29 is 37.6 Å². The summed E-state index contributed by atoms with van der Waals surface area (Å²) in [5.74, 6) is -0.841. The van der Waals surface area contributed by atoms with Crippen LogP contribution in [-0.2, 0) is 32.7 Å². The molecule has 0 heterocycles. The minimum atomic E-state index is -4.40. The first-order valence-electron chi connectivity index (χ1n) is 32.3. The Morgan fingerprint density at radius 1 is 0.370 bits per heavy atom. The molecule has 0 aromatic heterocycles. The van der Waals surface area contributed by atoms with Crippen LogP contribution in [0.15, 0.2) is 146 Å². The molecule has 81 heavy (non-hydrogen) atoms. The van der Waals surface area contributed by atoms with Gasteiger partial charge in [-0.3, -0.25) is 18.6 Å². The predicted molar refractivity (Wildman–Crippen MR) is 348 cm³/mol. The Balaban J connectivity index is 3.99. The molecule has 2 atom stereocenters. The summed E-state index contributed by atoms with van der Waals surface area (Å²) in [5, 5.41) is 0. The van der Waals surface area contributed by atoms with Crippen LogP contribution in [0.5, 0.6) is 0 Å². The van der Waals surface area contributed by atoms with Crippen LogP contribution in [0.4, 0.5) is 0 Å². The molecular weight excluding hydrogens is 1030 g/mol. The van der Waals surface area contributed by atoms with Gasteiger partial charge in [0.25, 0.3) is 0 Å². The van der Waals surface area contributed by atoms with E-state index >= 15 is 0 Å². The van der Waals surface area contributed by atoms with Crippen molar-refractivity contribution in [1.82, 2.24) is 0 Å². The highest BCUT2D eigenvalue weighted by molar-refractivity contribution is 7.47. The van der Waals surface area contributed by atoms with Crippen molar-refractivity contribution in [2.75, 3.05) is 26.4 Å². The first kappa shape index (κ1) is 76.9. The number of hydrogen-bond acceptors (Lipinski definition) is 8. The number of nitrogens with two attached hydrogens (primary N) is 1. The number of allylic oxidation sites excluding steroid dienone is 24. The SMILES string of the molecule is CC/C=C\C/C=C\C/C=C\C/C=C\C/C=C\C/C=C\C/C=C\CCCCCCCCCCCC(=O)OC(COC(=O)CCCCCCCCCCCCCCC/C=C\C/C=C\C/C=C\C/C=C\C/C=C\CC)COP(=O)(O)OCCN. The lowest BCUT2D eigenvalue weighted by molar-refractivity contribution is -0.161. The second-order valence-corrected chi connectivity index (χ2v) is 22.3. The molecule has 0 aliphatic rings. The molecule has 0 aliphatic carbocycles. The van der Waals surface area contributed by atoms with Gasteiger partial charge in [-0.05, 0) is 116 Å². The molecule has 9 nitrogen and oxygen atoms in total. The summed E-state index contributed by atoms with van der Waals surface area (Å²) in [6.07, 6.45) is 93.4. The van der Waals surface area contributed by atoms with Crippen LogP contribution in [-0.4, -0.2) is 49.3 Å². The van der Waals surface area contributed by atoms with E-state index in [4.69, 9.17) is 24.3 Å². The van der Waals surface area contributed by atoms with E-state index < -0.39 is 26.5 Å². The van der Waals surface area contributed by atoms with Crippen molar-refractivity contribution in [3.8, 4) is 0 Å². The van der Waals surface area contributed by atoms with Crippen LogP contribution in [0.25, 0.3) is 0 Å². The molecule has 0 rings (SSSR count). The van der Waals surface area contributed by atoms with Gasteiger partial charge in [0, 0.05) is 19.4 Å². The standard InChI is InChI=1S/C71H118NO8P/c1-3-5-7-9-11-13-15-17-19-21-23-25-27-29-31-33-34-36-38-40-42-44-46-48-50-52-54-56-58-60-62-64-71(74)80-69(68-79-81(75,76)78-66-65-72)67-77-70(73)63-61-59-57-55-53-51-49-47-45-43-41-39-37-35-32-30-28-26-24-22-20-18-16-14-12-10-8-6-4-2/h5-8,11-14,17-20,23-26,29-32,34,36,40,42,69H,3-4,9-10,15-16,21-22,27-28,33,35,37-39,41,43-68,72H2,1-2H3,(H,75,76)/b7-5-,8-6-,13-11-,14-12-,19-17-,20-18-,25-23-,26-24-,31-29-,32-30-,36-34-,42-40-. The molecule has 0 spiro atoms. The number of carbonyl (C=O) groups excluding carboxylic acids is 2. The van der Waals surface area contributed by atoms with E-state index in [0.29, 0.717) is 6.42 Å². The number of phosphoric acid groups is 1. The third-order valence-electron chi connectivity index (χ3n) is 13.2. The molecule has 0 bridgehead atoms. The summed E-state index contributed by atoms with van der Waals surface area (Å²) < 4.78 is 33.1. The molecule has 0 radical (unpaired) electrons. The van der Waals surface area contributed by atoms with Crippen LogP contribution < -0.4 is 5.73 Å². The highest BCUT2D eigenvalue weighted by atomic mass is 31.2. The number of ether oxygens (including phenoxy) is 2. The lowest BCUT2D eigenvalue weighted by Crippen LogP contribution is -2.29. The number of unbranched alkanes of at least 4 members (excludes halogenated alkanes) is 22. The molecule has 3 N–H and O–H groups in total. The Morgan fingerprint density at radius 3 is 0.951 bits per heavy atom. The van der Waals surface area contributed by atoms with Gasteiger partial charge < -0.3 is 20.1 Å². The van der Waals surface area contributed by atoms with E-state index in [-0.39, 0.29) is 38.6 Å². The molecule has 0 saturated carbocycles. The van der Waals surface area contributed by atoms with E-state index in [0.717, 1.165) is 122 Å². The zero-order chi connectivity index (χ0) is 58.7. The monoisotopic (exact) mass is 1140 g/mol. The topological polar surface area (TPSA) is 134 Å². The van der Waals surface area contributed by atoms with Crippen LogP contribution in [0, 0.1) is 0 Å². The molecule has 0 fully saturated rings. The molecule has 0 saturated heterocycles. The zero-order valence-electron chi connectivity index (χ0n) is 51.5. The van der Waals surface area contributed by atoms with Crippen molar-refractivity contribution in [3.05, 3.63) is 146 Å². The van der Waals surface area contributed by atoms with E-state index in [1.165, 1.54) is 103 Å². The maximum Gasteiger partial charge on any atom is 0.472 e. The van der Waals surface area contributed by atoms with E-state index in [1.807, 2.05) is 0 Å². The fraction of sp³-hybridized carbons (Fsp3) is 0.634. The van der Waals surface area contributed by atoms with Gasteiger partial charge in [-0.2, -0.15) is 0 Å². The highest BCUT2D eigenvalue weighted by Crippen LogP contribution is 2.43. The summed E-state index contributed by atoms with van der Waals surface area (Å²) in [6.45, 7) is 3.51. The van der Waals surface area contributed by atoms with Crippen molar-refractivity contribution in [1.29, 1.82) is 0 Å². The lowest BCUT2D eigenvalue weighted by Gasteiger charge is -2.19. The maximum atomic E-state index is 12.7. The Labute approximate surface area is 496 Å². The molecule has 0 aromatic rings. The number of esters is 2. The average molecular weight is 1140 g/mol. The number of hydrogen-bond donors (Lipinski definition) is 2. The second kappa shape index (κ2) is 65.0. The Hall–Kier alpha value is -4.11. The molecule has 0 aromatic carbocycles. The van der Waals surface area contributed by atoms with Gasteiger partial charge in [0.05, 0.1) is 13.2 Å². The summed E-state index contributed by atoms with van der Waals surface area (Å²) >= 11 is 0. The molecule has 2 unspecified atom stereocenters. The summed E-state index contributed by atoms with van der Waals surface area (Å²) in [5.41, 5.74) is 5.39. The lowest BCUT2D eigenvalue weighted by atomic mass is 10.0. The Morgan fingerprint density at radius 2 is 0.642 bits per heavy atom. The minimum Gasteiger partial charge on any atom is -0.462 e. The van der Waals surface area contributed by atoms with Crippen molar-refractivity contribution in [3.63, 3.8) is 0 Å². The molecule has 460 valence electrons. The van der Waals surface area contributed by atoms with E-state index in [1.54, 1.807) is 0 Å². The molecule has 0 amide bonds. The molecule has 0 aliphatic heterocycles. The van der Waals surface area contributed by atoms with Gasteiger partial charge in [0.15, 0.2) is 6.10 Å². The molecular formula is C71H118NO8P. The van der Waals surface area contributed by atoms with Crippen LogP contribution in [0.3, 0.4) is 0 Å². The average Bonchev–Trinajstić information content (AvgIpc) is 3.46. The van der Waals surface area contributed by atoms with Gasteiger partial charge >= 0.3 is 19.8 Å². The number of phosphoric ester groups is 1. The van der Waals surface area contributed by atoms with Gasteiger partial charge in [-0.25, -0.2) is 4.57 Å². The zero-order valence-corrected chi connectivity index (χ0v) is 52.4. The summed E-state index contributed by atoms with van der Waals surface area (Å²) in [4.78, 5) is 35.3. The summed E-state index contributed by atoms with van der Waals surface area (Å²) in [6, 6.07) is 0. The van der Waals surface area contributed by atoms with Gasteiger partial charge in [0.2, 0.25) is 0 Å². The summed E-state index contributed by atoms with van der Waals surface area (Å²) in [7, 11) is -4.40. The fourth-order valence-electron chi connectivity index (χ4n) is 8.53. The third kappa shape index (κ3) is 64.9. The first-order chi connectivity index (χ1) is 39.8. The Bertz CT molecular complexity index is 1830. The normalized spacial score (nSPS) is 14.0. The predicted octanol–water partition coefficient (Wildman–Crippen LogP) is 21.1. The van der Waals surface area contributed by atoms with Gasteiger partial charge in [-0.1, -0.05) is 275 Å². The second-order valence-electron chi connectivity index (χ2n) is 20.9. The third-order valence-corrected chi connectivity index (χ3v) is 14.2. The first-order valence-corrected chi connectivity index (χ1v) is 33.8. The van der Waals surface area contributed by atoms with Gasteiger partial charge in [0.1, 0.15) is 6.61 Å². The van der Waals surface area contributed by atoms with Crippen LogP contribution in [0.2, 0.25) is 0 Å². The quantitative estimate of drug-likeness (QED) is 0.0264. The van der Waals surface area contributed by atoms with Crippen LogP contribution in [0.1, 0.15) is 258 Å². The minimum absolute atomic E-state index is 0.0454. The number of carbonyl (C=O) groups is 2. The van der Waals surface area contributed by atoms with Crippen LogP contribution >= 0.6 is 7.82 Å². The smallest absolute Gasteiger partial charge is 0.462 e. The fourth-order valence-corrected chi connectivity index (χ4v) is 9.29. The number of rotatable bonds is 59. The Kier molecular flexibility index (Phi) is 61.7. The van der Waals surface area contributed by atoms with Crippen molar-refractivity contribution in [2.45, 2.75) is 264 Å².